The van der Waals surface area contributed by atoms with Gasteiger partial charge in [-0.15, -0.1) is 11.3 Å². The second kappa shape index (κ2) is 14.7. The minimum Gasteiger partial charge on any atom is -0.311 e. The molecule has 0 aliphatic heterocycles. The van der Waals surface area contributed by atoms with Crippen LogP contribution in [0.3, 0.4) is 0 Å². The maximum Gasteiger partial charge on any atom is 0.0462 e. The number of hydrogen-bond donors (Lipinski definition) is 0. The number of thiophene rings is 1. The first kappa shape index (κ1) is 33.6. The fourth-order valence-electron chi connectivity index (χ4n) is 7.85. The first-order chi connectivity index (χ1) is 27.8. The molecule has 0 saturated carbocycles. The average molecular weight is 732 g/mol. The molecule has 1 nitrogen and oxygen atoms in total. The first-order valence-electron chi connectivity index (χ1n) is 19.1. The van der Waals surface area contributed by atoms with Crippen LogP contribution >= 0.6 is 11.3 Å². The normalized spacial score (nSPS) is 11.2. The van der Waals surface area contributed by atoms with Crippen LogP contribution in [0.25, 0.3) is 75.8 Å². The SMILES string of the molecule is c1ccc(-c2ccc(N(c3ccc(-c4ccccc4)cc3)c3ccc(-c4ccc(-c5cccc6c5sc5c(-c7ccccc7)cccc56)cc4)cc3)cc2)cc1. The Balaban J connectivity index is 0.969. The predicted molar refractivity (Wildman–Crippen MR) is 241 cm³/mol. The van der Waals surface area contributed by atoms with Crippen molar-refractivity contribution in [3.63, 3.8) is 0 Å². The van der Waals surface area contributed by atoms with E-state index in [9.17, 15) is 0 Å². The maximum atomic E-state index is 2.34. The summed E-state index contributed by atoms with van der Waals surface area (Å²) in [6.07, 6.45) is 0. The smallest absolute Gasteiger partial charge is 0.0462 e. The van der Waals surface area contributed by atoms with Crippen molar-refractivity contribution in [1.82, 2.24) is 0 Å². The minimum atomic E-state index is 1.11. The van der Waals surface area contributed by atoms with Gasteiger partial charge in [0.15, 0.2) is 0 Å². The first-order valence-corrected chi connectivity index (χ1v) is 19.9. The van der Waals surface area contributed by atoms with E-state index in [1.807, 2.05) is 11.3 Å². The molecule has 0 aliphatic carbocycles. The molecule has 10 aromatic rings. The van der Waals surface area contributed by atoms with Gasteiger partial charge in [0.2, 0.25) is 0 Å². The molecule has 0 saturated heterocycles. The molecule has 0 unspecified atom stereocenters. The summed E-state index contributed by atoms with van der Waals surface area (Å²) in [5.41, 5.74) is 15.6. The Labute approximate surface area is 332 Å². The van der Waals surface area contributed by atoms with Crippen LogP contribution in [0.1, 0.15) is 0 Å². The van der Waals surface area contributed by atoms with Crippen molar-refractivity contribution < 1.29 is 0 Å². The third-order valence-corrected chi connectivity index (χ3v) is 12.0. The lowest BCUT2D eigenvalue weighted by Gasteiger charge is -2.26. The highest BCUT2D eigenvalue weighted by Crippen LogP contribution is 2.44. The van der Waals surface area contributed by atoms with E-state index < -0.39 is 0 Å². The molecule has 1 aromatic heterocycles. The molecule has 9 aromatic carbocycles. The van der Waals surface area contributed by atoms with Crippen molar-refractivity contribution in [3.05, 3.63) is 224 Å². The van der Waals surface area contributed by atoms with Gasteiger partial charge in [-0.05, 0) is 92.0 Å². The van der Waals surface area contributed by atoms with Crippen molar-refractivity contribution in [2.45, 2.75) is 0 Å². The van der Waals surface area contributed by atoms with E-state index in [-0.39, 0.29) is 0 Å². The van der Waals surface area contributed by atoms with Gasteiger partial charge in [0.1, 0.15) is 0 Å². The number of nitrogens with zero attached hydrogens (tertiary/aromatic N) is 1. The van der Waals surface area contributed by atoms with Crippen molar-refractivity contribution in [2.75, 3.05) is 4.90 Å². The van der Waals surface area contributed by atoms with E-state index in [0.29, 0.717) is 0 Å². The summed E-state index contributed by atoms with van der Waals surface area (Å²) in [7, 11) is 0. The third kappa shape index (κ3) is 6.36. The van der Waals surface area contributed by atoms with Crippen molar-refractivity contribution >= 4 is 48.6 Å². The van der Waals surface area contributed by atoms with E-state index in [2.05, 4.69) is 229 Å². The van der Waals surface area contributed by atoms with Crippen molar-refractivity contribution in [3.8, 4) is 55.6 Å². The van der Waals surface area contributed by atoms with E-state index in [4.69, 9.17) is 0 Å². The van der Waals surface area contributed by atoms with Crippen LogP contribution in [0.15, 0.2) is 224 Å². The molecule has 0 radical (unpaired) electrons. The van der Waals surface area contributed by atoms with Gasteiger partial charge in [0, 0.05) is 37.2 Å². The average Bonchev–Trinajstić information content (AvgIpc) is 3.68. The summed E-state index contributed by atoms with van der Waals surface area (Å²) >= 11 is 1.90. The van der Waals surface area contributed by atoms with Crippen LogP contribution in [-0.4, -0.2) is 0 Å². The highest BCUT2D eigenvalue weighted by molar-refractivity contribution is 7.26. The lowest BCUT2D eigenvalue weighted by atomic mass is 9.98. The van der Waals surface area contributed by atoms with Gasteiger partial charge in [0.05, 0.1) is 0 Å². The van der Waals surface area contributed by atoms with Crippen LogP contribution in [0, 0.1) is 0 Å². The predicted octanol–water partition coefficient (Wildman–Crippen LogP) is 15.9. The Hall–Kier alpha value is -7.00. The number of hydrogen-bond acceptors (Lipinski definition) is 2. The third-order valence-electron chi connectivity index (χ3n) is 10.7. The van der Waals surface area contributed by atoms with E-state index >= 15 is 0 Å². The summed E-state index contributed by atoms with van der Waals surface area (Å²) in [6, 6.07) is 81.0. The zero-order valence-electron chi connectivity index (χ0n) is 30.7. The molecule has 0 N–H and O–H groups in total. The molecule has 0 spiro atoms. The molecular weight excluding hydrogens is 695 g/mol. The highest BCUT2D eigenvalue weighted by atomic mass is 32.1. The van der Waals surface area contributed by atoms with Gasteiger partial charge in [0.25, 0.3) is 0 Å². The Kier molecular flexibility index (Phi) is 8.79. The largest absolute Gasteiger partial charge is 0.311 e. The fraction of sp³-hybridized carbons (Fsp3) is 0. The zero-order valence-corrected chi connectivity index (χ0v) is 31.5. The molecule has 10 rings (SSSR count). The molecule has 264 valence electrons. The van der Waals surface area contributed by atoms with Gasteiger partial charge < -0.3 is 4.90 Å². The van der Waals surface area contributed by atoms with Gasteiger partial charge in [-0.2, -0.15) is 0 Å². The van der Waals surface area contributed by atoms with Crippen LogP contribution in [0.2, 0.25) is 0 Å². The number of benzene rings is 9. The van der Waals surface area contributed by atoms with Gasteiger partial charge in [-0.1, -0.05) is 188 Å². The fourth-order valence-corrected chi connectivity index (χ4v) is 9.22. The molecule has 2 heteroatoms. The molecular formula is C54H37NS. The monoisotopic (exact) mass is 731 g/mol. The highest BCUT2D eigenvalue weighted by Gasteiger charge is 2.16. The lowest BCUT2D eigenvalue weighted by Crippen LogP contribution is -2.09. The van der Waals surface area contributed by atoms with E-state index in [1.54, 1.807) is 0 Å². The topological polar surface area (TPSA) is 3.24 Å². The molecule has 1 heterocycles. The molecule has 56 heavy (non-hydrogen) atoms. The zero-order chi connectivity index (χ0) is 37.3. The van der Waals surface area contributed by atoms with Crippen LogP contribution in [0.5, 0.6) is 0 Å². The summed E-state index contributed by atoms with van der Waals surface area (Å²) in [6.45, 7) is 0. The van der Waals surface area contributed by atoms with Crippen molar-refractivity contribution in [2.24, 2.45) is 0 Å². The van der Waals surface area contributed by atoms with E-state index in [0.717, 1.165) is 17.1 Å². The Bertz CT molecular complexity index is 2810. The summed E-state index contributed by atoms with van der Waals surface area (Å²) in [5.74, 6) is 0. The van der Waals surface area contributed by atoms with Crippen LogP contribution in [0.4, 0.5) is 17.1 Å². The second-order valence-corrected chi connectivity index (χ2v) is 15.1. The molecule has 0 atom stereocenters. The Morgan fingerprint density at radius 1 is 0.232 bits per heavy atom. The summed E-state index contributed by atoms with van der Waals surface area (Å²) in [5, 5.41) is 2.63. The summed E-state index contributed by atoms with van der Waals surface area (Å²) in [4.78, 5) is 2.34. The second-order valence-electron chi connectivity index (χ2n) is 14.1. The Morgan fingerprint density at radius 2 is 0.518 bits per heavy atom. The lowest BCUT2D eigenvalue weighted by molar-refractivity contribution is 1.28. The summed E-state index contributed by atoms with van der Waals surface area (Å²) < 4.78 is 2.67. The van der Waals surface area contributed by atoms with Crippen LogP contribution in [-0.2, 0) is 0 Å². The van der Waals surface area contributed by atoms with Crippen LogP contribution < -0.4 is 4.90 Å². The minimum absolute atomic E-state index is 1.11. The molecule has 0 bridgehead atoms. The van der Waals surface area contributed by atoms with Gasteiger partial charge in [-0.3, -0.25) is 0 Å². The molecule has 0 amide bonds. The molecule has 0 fully saturated rings. The number of fused-ring (bicyclic) bond motifs is 3. The number of anilines is 3. The maximum absolute atomic E-state index is 2.34. The van der Waals surface area contributed by atoms with Crippen molar-refractivity contribution in [1.29, 1.82) is 0 Å². The standard InChI is InChI=1S/C54H37NS/c1-4-12-38(13-5-1)41-26-32-46(33-27-41)55(47-34-28-42(29-35-47)39-14-6-2-7-15-39)48-36-30-43(31-37-48)40-22-24-45(25-23-40)50-19-11-21-52-51-20-10-18-49(53(51)56-54(50)52)44-16-8-3-9-17-44/h1-37H. The molecule has 0 aliphatic rings. The quantitative estimate of drug-likeness (QED) is 0.150. The Morgan fingerprint density at radius 3 is 0.893 bits per heavy atom. The van der Waals surface area contributed by atoms with E-state index in [1.165, 1.54) is 75.8 Å². The van der Waals surface area contributed by atoms with Gasteiger partial charge >= 0.3 is 0 Å². The number of rotatable bonds is 8. The van der Waals surface area contributed by atoms with Gasteiger partial charge in [-0.25, -0.2) is 0 Å².